The molecule has 2 rings (SSSR count). The van der Waals surface area contributed by atoms with E-state index in [1.54, 1.807) is 25.3 Å². The van der Waals surface area contributed by atoms with Crippen molar-refractivity contribution >= 4 is 5.91 Å². The van der Waals surface area contributed by atoms with Crippen molar-refractivity contribution in [1.82, 2.24) is 5.32 Å². The number of aliphatic hydroxyl groups is 1. The Kier molecular flexibility index (Phi) is 3.87. The summed E-state index contributed by atoms with van der Waals surface area (Å²) in [6.07, 6.45) is 2.95. The van der Waals surface area contributed by atoms with Crippen LogP contribution < -0.4 is 10.1 Å². The summed E-state index contributed by atoms with van der Waals surface area (Å²) in [5.74, 6) is 0.595. The number of rotatable bonds is 6. The first kappa shape index (κ1) is 12.9. The van der Waals surface area contributed by atoms with Crippen LogP contribution in [0.25, 0.3) is 0 Å². The van der Waals surface area contributed by atoms with Crippen molar-refractivity contribution in [2.45, 2.75) is 19.3 Å². The van der Waals surface area contributed by atoms with Gasteiger partial charge in [-0.05, 0) is 42.9 Å². The molecule has 0 saturated heterocycles. The van der Waals surface area contributed by atoms with Crippen LogP contribution >= 0.6 is 0 Å². The van der Waals surface area contributed by atoms with E-state index >= 15 is 0 Å². The maximum absolute atomic E-state index is 12.0. The van der Waals surface area contributed by atoms with Crippen molar-refractivity contribution in [3.05, 3.63) is 29.8 Å². The highest BCUT2D eigenvalue weighted by Gasteiger charge is 2.41. The van der Waals surface area contributed by atoms with Crippen LogP contribution in [0.3, 0.4) is 0 Å². The van der Waals surface area contributed by atoms with Crippen molar-refractivity contribution < 1.29 is 14.6 Å². The minimum atomic E-state index is -0.0851. The van der Waals surface area contributed by atoms with Gasteiger partial charge in [-0.25, -0.2) is 0 Å². The number of ether oxygens (including phenoxy) is 1. The van der Waals surface area contributed by atoms with E-state index < -0.39 is 0 Å². The molecule has 0 aliphatic heterocycles. The molecule has 1 aliphatic rings. The molecule has 0 spiro atoms. The third-order valence-electron chi connectivity index (χ3n) is 3.56. The summed E-state index contributed by atoms with van der Waals surface area (Å²) in [6.45, 7) is 0.832. The number of methoxy groups -OCH3 is 1. The first-order valence-electron chi connectivity index (χ1n) is 6.22. The Morgan fingerprint density at radius 1 is 1.50 bits per heavy atom. The van der Waals surface area contributed by atoms with Crippen LogP contribution in [0.15, 0.2) is 24.3 Å². The molecule has 1 amide bonds. The average Bonchev–Trinajstić information content (AvgIpc) is 3.17. The van der Waals surface area contributed by atoms with Crippen LogP contribution in [0.5, 0.6) is 5.75 Å². The second kappa shape index (κ2) is 5.40. The summed E-state index contributed by atoms with van der Waals surface area (Å²) in [6, 6.07) is 7.10. The number of amides is 1. The van der Waals surface area contributed by atoms with Crippen molar-refractivity contribution in [3.8, 4) is 5.75 Å². The lowest BCUT2D eigenvalue weighted by Gasteiger charge is -2.14. The number of carbonyl (C=O) groups excluding carboxylic acids is 1. The first-order valence-corrected chi connectivity index (χ1v) is 6.22. The number of nitrogens with one attached hydrogen (secondary N) is 1. The normalized spacial score (nSPS) is 16.1. The van der Waals surface area contributed by atoms with Gasteiger partial charge in [-0.1, -0.05) is 6.07 Å². The highest BCUT2D eigenvalue weighted by Crippen LogP contribution is 2.47. The summed E-state index contributed by atoms with van der Waals surface area (Å²) in [5, 5.41) is 11.9. The monoisotopic (exact) mass is 249 g/mol. The molecule has 0 atom stereocenters. The van der Waals surface area contributed by atoms with Gasteiger partial charge in [0.15, 0.2) is 0 Å². The third-order valence-corrected chi connectivity index (χ3v) is 3.56. The van der Waals surface area contributed by atoms with E-state index in [1.807, 2.05) is 6.07 Å². The Labute approximate surface area is 107 Å². The molecule has 1 fully saturated rings. The van der Waals surface area contributed by atoms with E-state index in [2.05, 4.69) is 5.32 Å². The van der Waals surface area contributed by atoms with Crippen LogP contribution in [0, 0.1) is 5.41 Å². The molecule has 0 unspecified atom stereocenters. The zero-order valence-electron chi connectivity index (χ0n) is 10.6. The predicted octanol–water partition coefficient (Wildman–Crippen LogP) is 1.59. The van der Waals surface area contributed by atoms with Crippen LogP contribution in [0.4, 0.5) is 0 Å². The Bertz CT molecular complexity index is 427. The SMILES string of the molecule is COc1cccc(C(=O)NCC2(CCO)CC2)c1. The third kappa shape index (κ3) is 3.01. The van der Waals surface area contributed by atoms with E-state index in [0.29, 0.717) is 17.9 Å². The highest BCUT2D eigenvalue weighted by molar-refractivity contribution is 5.94. The van der Waals surface area contributed by atoms with Gasteiger partial charge in [-0.15, -0.1) is 0 Å². The minimum absolute atomic E-state index is 0.0851. The van der Waals surface area contributed by atoms with E-state index in [1.165, 1.54) is 0 Å². The highest BCUT2D eigenvalue weighted by atomic mass is 16.5. The van der Waals surface area contributed by atoms with Gasteiger partial charge >= 0.3 is 0 Å². The predicted molar refractivity (Wildman–Crippen MR) is 68.7 cm³/mol. The van der Waals surface area contributed by atoms with Crippen LogP contribution in [0.2, 0.25) is 0 Å². The molecule has 98 valence electrons. The smallest absolute Gasteiger partial charge is 0.251 e. The van der Waals surface area contributed by atoms with E-state index in [-0.39, 0.29) is 17.9 Å². The summed E-state index contributed by atoms with van der Waals surface area (Å²) >= 11 is 0. The molecular weight excluding hydrogens is 230 g/mol. The number of benzene rings is 1. The Balaban J connectivity index is 1.91. The van der Waals surface area contributed by atoms with Crippen molar-refractivity contribution in [1.29, 1.82) is 0 Å². The molecule has 1 aliphatic carbocycles. The molecule has 0 aromatic heterocycles. The zero-order chi connectivity index (χ0) is 13.0. The molecule has 1 aromatic carbocycles. The summed E-state index contributed by atoms with van der Waals surface area (Å²) in [4.78, 5) is 12.0. The number of aliphatic hydroxyl groups excluding tert-OH is 1. The summed E-state index contributed by atoms with van der Waals surface area (Å²) in [5.41, 5.74) is 0.748. The van der Waals surface area contributed by atoms with Crippen LogP contribution in [0.1, 0.15) is 29.6 Å². The molecule has 18 heavy (non-hydrogen) atoms. The Hall–Kier alpha value is -1.55. The molecule has 4 heteroatoms. The fraction of sp³-hybridized carbons (Fsp3) is 0.500. The Morgan fingerprint density at radius 3 is 2.89 bits per heavy atom. The summed E-state index contributed by atoms with van der Waals surface area (Å²) < 4.78 is 5.09. The van der Waals surface area contributed by atoms with Gasteiger partial charge in [0.1, 0.15) is 5.75 Å². The number of carbonyl (C=O) groups is 1. The average molecular weight is 249 g/mol. The standard InChI is InChI=1S/C14H19NO3/c1-18-12-4-2-3-11(9-12)13(17)15-10-14(5-6-14)7-8-16/h2-4,9,16H,5-8,10H2,1H3,(H,15,17). The fourth-order valence-corrected chi connectivity index (χ4v) is 2.06. The van der Waals surface area contributed by atoms with E-state index in [4.69, 9.17) is 9.84 Å². The quantitative estimate of drug-likeness (QED) is 0.805. The lowest BCUT2D eigenvalue weighted by molar-refractivity contribution is 0.0940. The molecule has 2 N–H and O–H groups in total. The molecule has 1 aromatic rings. The van der Waals surface area contributed by atoms with Gasteiger partial charge in [0.25, 0.3) is 5.91 Å². The maximum atomic E-state index is 12.0. The summed E-state index contributed by atoms with van der Waals surface area (Å²) in [7, 11) is 1.58. The zero-order valence-corrected chi connectivity index (χ0v) is 10.6. The lowest BCUT2D eigenvalue weighted by atomic mass is 10.0. The second-order valence-electron chi connectivity index (χ2n) is 4.89. The van der Waals surface area contributed by atoms with Crippen molar-refractivity contribution in [2.75, 3.05) is 20.3 Å². The molecule has 1 saturated carbocycles. The molecule has 0 bridgehead atoms. The van der Waals surface area contributed by atoms with E-state index in [9.17, 15) is 4.79 Å². The van der Waals surface area contributed by atoms with Crippen molar-refractivity contribution in [2.24, 2.45) is 5.41 Å². The molecule has 4 nitrogen and oxygen atoms in total. The fourth-order valence-electron chi connectivity index (χ4n) is 2.06. The first-order chi connectivity index (χ1) is 8.69. The van der Waals surface area contributed by atoms with Crippen LogP contribution in [-0.4, -0.2) is 31.3 Å². The number of hydrogen-bond acceptors (Lipinski definition) is 3. The molecule has 0 radical (unpaired) electrons. The van der Waals surface area contributed by atoms with Gasteiger partial charge < -0.3 is 15.2 Å². The van der Waals surface area contributed by atoms with Gasteiger partial charge in [-0.3, -0.25) is 4.79 Å². The lowest BCUT2D eigenvalue weighted by Crippen LogP contribution is -2.30. The number of hydrogen-bond donors (Lipinski definition) is 2. The van der Waals surface area contributed by atoms with Gasteiger partial charge in [0.2, 0.25) is 0 Å². The Morgan fingerprint density at radius 2 is 2.28 bits per heavy atom. The van der Waals surface area contributed by atoms with Crippen molar-refractivity contribution in [3.63, 3.8) is 0 Å². The molecule has 0 heterocycles. The molecular formula is C14H19NO3. The largest absolute Gasteiger partial charge is 0.497 e. The van der Waals surface area contributed by atoms with Gasteiger partial charge in [-0.2, -0.15) is 0 Å². The van der Waals surface area contributed by atoms with Gasteiger partial charge in [0.05, 0.1) is 7.11 Å². The second-order valence-corrected chi connectivity index (χ2v) is 4.89. The minimum Gasteiger partial charge on any atom is -0.497 e. The maximum Gasteiger partial charge on any atom is 0.251 e. The topological polar surface area (TPSA) is 58.6 Å². The van der Waals surface area contributed by atoms with Crippen LogP contribution in [-0.2, 0) is 0 Å². The van der Waals surface area contributed by atoms with E-state index in [0.717, 1.165) is 19.3 Å². The van der Waals surface area contributed by atoms with Gasteiger partial charge in [0, 0.05) is 18.7 Å².